The molecule has 2 aromatic carbocycles. The summed E-state index contributed by atoms with van der Waals surface area (Å²) in [6.07, 6.45) is 1.42. The summed E-state index contributed by atoms with van der Waals surface area (Å²) in [4.78, 5) is 36.1. The second-order valence-electron chi connectivity index (χ2n) is 8.96. The number of aliphatic carboxylic acids is 1. The number of nitrogens with zero attached hydrogens (tertiary/aromatic N) is 2. The van der Waals surface area contributed by atoms with Crippen molar-refractivity contribution in [1.82, 2.24) is 20.4 Å². The number of ether oxygens (including phenoxy) is 1. The number of carbonyl (C=O) groups is 3. The molecule has 2 unspecified atom stereocenters. The Morgan fingerprint density at radius 1 is 1.06 bits per heavy atom. The zero-order valence-corrected chi connectivity index (χ0v) is 19.2. The maximum Gasteiger partial charge on any atom is 0.407 e. The van der Waals surface area contributed by atoms with E-state index in [1.54, 1.807) is 7.05 Å². The Morgan fingerprint density at radius 3 is 2.34 bits per heavy atom. The third-order valence-electron chi connectivity index (χ3n) is 6.81. The first kappa shape index (κ1) is 22.6. The Hall–Kier alpha value is -4.14. The van der Waals surface area contributed by atoms with Crippen LogP contribution in [0.4, 0.5) is 4.79 Å². The number of hydrogen-bond acceptors (Lipinski definition) is 5. The number of amides is 2. The van der Waals surface area contributed by atoms with E-state index in [2.05, 4.69) is 40.0 Å². The Labute approximate surface area is 202 Å². The van der Waals surface area contributed by atoms with Gasteiger partial charge in [0, 0.05) is 19.5 Å². The van der Waals surface area contributed by atoms with Gasteiger partial charge in [-0.2, -0.15) is 5.10 Å². The molecule has 9 heteroatoms. The second-order valence-corrected chi connectivity index (χ2v) is 8.96. The molecule has 5 rings (SSSR count). The number of carbonyl (C=O) groups excluding carboxylic acids is 2. The molecule has 3 N–H and O–H groups in total. The van der Waals surface area contributed by atoms with Gasteiger partial charge < -0.3 is 20.5 Å². The number of aromatic nitrogens is 2. The highest BCUT2D eigenvalue weighted by Gasteiger charge is 2.43. The molecule has 2 atom stereocenters. The zero-order chi connectivity index (χ0) is 24.5. The van der Waals surface area contributed by atoms with Crippen LogP contribution in [0.5, 0.6) is 0 Å². The lowest BCUT2D eigenvalue weighted by molar-refractivity contribution is -0.138. The number of fused-ring (bicyclic) bond motifs is 3. The number of benzene rings is 2. The van der Waals surface area contributed by atoms with Crippen LogP contribution in [-0.4, -0.2) is 46.0 Å². The largest absolute Gasteiger partial charge is 0.481 e. The molecule has 2 aliphatic rings. The zero-order valence-electron chi connectivity index (χ0n) is 19.2. The fourth-order valence-corrected chi connectivity index (χ4v) is 4.76. The van der Waals surface area contributed by atoms with Crippen molar-refractivity contribution in [3.8, 4) is 11.1 Å². The summed E-state index contributed by atoms with van der Waals surface area (Å²) in [7, 11) is 1.69. The molecule has 2 amide bonds. The highest BCUT2D eigenvalue weighted by atomic mass is 16.5. The van der Waals surface area contributed by atoms with Crippen molar-refractivity contribution < 1.29 is 24.2 Å². The lowest BCUT2D eigenvalue weighted by atomic mass is 9.98. The smallest absolute Gasteiger partial charge is 0.407 e. The van der Waals surface area contributed by atoms with Gasteiger partial charge in [0.15, 0.2) is 0 Å². The topological polar surface area (TPSA) is 123 Å². The monoisotopic (exact) mass is 474 g/mol. The molecule has 0 radical (unpaired) electrons. The predicted molar refractivity (Wildman–Crippen MR) is 127 cm³/mol. The van der Waals surface area contributed by atoms with Crippen LogP contribution in [0, 0.1) is 11.8 Å². The van der Waals surface area contributed by atoms with Crippen LogP contribution >= 0.6 is 0 Å². The molecule has 35 heavy (non-hydrogen) atoms. The van der Waals surface area contributed by atoms with Crippen molar-refractivity contribution in [3.63, 3.8) is 0 Å². The third-order valence-corrected chi connectivity index (χ3v) is 6.81. The summed E-state index contributed by atoms with van der Waals surface area (Å²) in [5.74, 6) is -1.66. The predicted octanol–water partition coefficient (Wildman–Crippen LogP) is 2.91. The van der Waals surface area contributed by atoms with E-state index in [0.29, 0.717) is 24.2 Å². The second kappa shape index (κ2) is 9.25. The molecule has 1 aromatic heterocycles. The minimum atomic E-state index is -0.835. The summed E-state index contributed by atoms with van der Waals surface area (Å²) >= 11 is 0. The van der Waals surface area contributed by atoms with E-state index in [1.807, 2.05) is 24.3 Å². The molecule has 0 aliphatic heterocycles. The average molecular weight is 475 g/mol. The number of nitrogens with one attached hydrogen (secondary N) is 2. The van der Waals surface area contributed by atoms with Crippen molar-refractivity contribution in [2.24, 2.45) is 18.9 Å². The number of alkyl carbamates (subject to hydrolysis) is 1. The molecule has 180 valence electrons. The van der Waals surface area contributed by atoms with E-state index in [4.69, 9.17) is 9.84 Å². The first-order valence-corrected chi connectivity index (χ1v) is 11.5. The molecule has 3 aromatic rings. The molecule has 0 bridgehead atoms. The fourth-order valence-electron chi connectivity index (χ4n) is 4.76. The maximum atomic E-state index is 12.6. The molecule has 0 spiro atoms. The van der Waals surface area contributed by atoms with E-state index in [9.17, 15) is 14.4 Å². The first-order valence-electron chi connectivity index (χ1n) is 11.5. The molecule has 1 heterocycles. The molecule has 2 aliphatic carbocycles. The van der Waals surface area contributed by atoms with Crippen molar-refractivity contribution in [2.45, 2.75) is 18.9 Å². The molecule has 0 saturated heterocycles. The number of carboxylic acid groups (broad SMARTS) is 1. The number of rotatable bonds is 8. The van der Waals surface area contributed by atoms with Crippen LogP contribution in [0.25, 0.3) is 11.1 Å². The molecule has 1 saturated carbocycles. The van der Waals surface area contributed by atoms with E-state index < -0.39 is 12.1 Å². The van der Waals surface area contributed by atoms with Crippen molar-refractivity contribution in [3.05, 3.63) is 77.1 Å². The van der Waals surface area contributed by atoms with E-state index in [-0.39, 0.29) is 36.8 Å². The van der Waals surface area contributed by atoms with Crippen LogP contribution in [-0.2, 0) is 23.1 Å². The van der Waals surface area contributed by atoms with Gasteiger partial charge in [-0.1, -0.05) is 48.5 Å². The van der Waals surface area contributed by atoms with Gasteiger partial charge in [0.2, 0.25) is 0 Å². The van der Waals surface area contributed by atoms with Gasteiger partial charge in [0.25, 0.3) is 5.91 Å². The third kappa shape index (κ3) is 4.49. The SMILES string of the molecule is Cn1ncc(C(=O)NCC2CC2C(=O)O)c1CNC(=O)OCC1c2ccccc2-c2ccccc21. The van der Waals surface area contributed by atoms with Crippen LogP contribution in [0.2, 0.25) is 0 Å². The summed E-state index contributed by atoms with van der Waals surface area (Å²) in [6.45, 7) is 0.561. The minimum Gasteiger partial charge on any atom is -0.481 e. The average Bonchev–Trinajstić information content (AvgIpc) is 3.46. The van der Waals surface area contributed by atoms with Crippen LogP contribution < -0.4 is 10.6 Å². The van der Waals surface area contributed by atoms with E-state index in [1.165, 1.54) is 10.9 Å². The summed E-state index contributed by atoms with van der Waals surface area (Å²) < 4.78 is 7.09. The van der Waals surface area contributed by atoms with Crippen LogP contribution in [0.15, 0.2) is 54.7 Å². The van der Waals surface area contributed by atoms with Crippen molar-refractivity contribution in [2.75, 3.05) is 13.2 Å². The Morgan fingerprint density at radius 2 is 1.71 bits per heavy atom. The standard InChI is InChI=1S/C26H26N4O5/c1-30-23(21(12-29-30)24(31)27-11-15-10-20(15)25(32)33)13-28-26(34)35-14-22-18-8-4-2-6-16(18)17-7-3-5-9-19(17)22/h2-9,12,15,20,22H,10-11,13-14H2,1H3,(H,27,31)(H,28,34)(H,32,33). The quantitative estimate of drug-likeness (QED) is 0.461. The molecular weight excluding hydrogens is 448 g/mol. The lowest BCUT2D eigenvalue weighted by Gasteiger charge is -2.15. The molecule has 1 fully saturated rings. The lowest BCUT2D eigenvalue weighted by Crippen LogP contribution is -2.30. The highest BCUT2D eigenvalue weighted by Crippen LogP contribution is 2.44. The van der Waals surface area contributed by atoms with Gasteiger partial charge >= 0.3 is 12.1 Å². The van der Waals surface area contributed by atoms with Crippen LogP contribution in [0.1, 0.15) is 39.5 Å². The Balaban J connectivity index is 1.17. The summed E-state index contributed by atoms with van der Waals surface area (Å²) in [5, 5.41) is 18.6. The number of carboxylic acids is 1. The highest BCUT2D eigenvalue weighted by molar-refractivity contribution is 5.95. The van der Waals surface area contributed by atoms with Crippen molar-refractivity contribution >= 4 is 18.0 Å². The molecule has 9 nitrogen and oxygen atoms in total. The van der Waals surface area contributed by atoms with E-state index >= 15 is 0 Å². The van der Waals surface area contributed by atoms with E-state index in [0.717, 1.165) is 22.3 Å². The molecular formula is C26H26N4O5. The summed E-state index contributed by atoms with van der Waals surface area (Å²) in [5.41, 5.74) is 5.44. The number of hydrogen-bond donors (Lipinski definition) is 3. The number of aryl methyl sites for hydroxylation is 1. The minimum absolute atomic E-state index is 0.0387. The van der Waals surface area contributed by atoms with Gasteiger partial charge in [-0.05, 0) is 34.6 Å². The fraction of sp³-hybridized carbons (Fsp3) is 0.308. The normalized spacial score (nSPS) is 17.9. The first-order chi connectivity index (χ1) is 16.9. The maximum absolute atomic E-state index is 12.6. The Bertz CT molecular complexity index is 1250. The van der Waals surface area contributed by atoms with Gasteiger partial charge in [0.05, 0.1) is 29.9 Å². The van der Waals surface area contributed by atoms with Gasteiger partial charge in [-0.25, -0.2) is 4.79 Å². The Kier molecular flexibility index (Phi) is 5.98. The van der Waals surface area contributed by atoms with Gasteiger partial charge in [-0.15, -0.1) is 0 Å². The van der Waals surface area contributed by atoms with Crippen LogP contribution in [0.3, 0.4) is 0 Å². The van der Waals surface area contributed by atoms with Gasteiger partial charge in [-0.3, -0.25) is 14.3 Å². The van der Waals surface area contributed by atoms with Gasteiger partial charge in [0.1, 0.15) is 6.61 Å². The summed E-state index contributed by atoms with van der Waals surface area (Å²) in [6, 6.07) is 16.2. The van der Waals surface area contributed by atoms with Crippen molar-refractivity contribution in [1.29, 1.82) is 0 Å².